The molecule has 2 fully saturated rings. The van der Waals surface area contributed by atoms with Gasteiger partial charge in [0, 0.05) is 0 Å². The summed E-state index contributed by atoms with van der Waals surface area (Å²) in [5.74, 6) is 0. The lowest BCUT2D eigenvalue weighted by atomic mass is 10.1. The van der Waals surface area contributed by atoms with Crippen LogP contribution in [0.15, 0.2) is 12.7 Å². The number of quaternary nitrogens is 2. The predicted molar refractivity (Wildman–Crippen MR) is 113 cm³/mol. The Morgan fingerprint density at radius 2 is 1.30 bits per heavy atom. The number of nitrogens with zero attached hydrogens (tertiary/aromatic N) is 4. The molecule has 6 rings (SSSR count). The van der Waals surface area contributed by atoms with Crippen LogP contribution in [0, 0.1) is 5.41 Å². The third-order valence-electron chi connectivity index (χ3n) is 5.77. The number of aromatic nitrogens is 4. The number of imidazole rings is 1. The van der Waals surface area contributed by atoms with Gasteiger partial charge < -0.3 is 61.0 Å². The number of aliphatic hydroxyl groups is 4. The summed E-state index contributed by atoms with van der Waals surface area (Å²) in [4.78, 5) is 32.2. The van der Waals surface area contributed by atoms with Crippen molar-refractivity contribution >= 4 is 26.8 Å². The summed E-state index contributed by atoms with van der Waals surface area (Å²) in [5.41, 5.74) is -0.334. The van der Waals surface area contributed by atoms with Gasteiger partial charge >= 0.3 is 0 Å². The molecule has 0 radical (unpaired) electrons. The summed E-state index contributed by atoms with van der Waals surface area (Å²) in [6.07, 6.45) is -10.1. The van der Waals surface area contributed by atoms with E-state index in [1.54, 1.807) is 0 Å². The van der Waals surface area contributed by atoms with Crippen molar-refractivity contribution < 1.29 is 62.2 Å². The van der Waals surface area contributed by atoms with E-state index in [9.17, 15) is 39.3 Å². The number of aliphatic hydroxyl groups excluding tert-OH is 4. The average molecular weight is 575 g/mol. The second-order valence-electron chi connectivity index (χ2n) is 7.98. The molecule has 210 valence electrons. The molecule has 2 aromatic heterocycles. The molecule has 2 unspecified atom stereocenters. The summed E-state index contributed by atoms with van der Waals surface area (Å²) in [7, 11) is -11.1. The maximum atomic E-state index is 12.0. The van der Waals surface area contributed by atoms with Crippen LogP contribution in [0.2, 0.25) is 0 Å². The molecule has 20 nitrogen and oxygen atoms in total. The molecular formula is C15H27N7O13P2. The Labute approximate surface area is 206 Å². The van der Waals surface area contributed by atoms with Crippen LogP contribution >= 0.6 is 15.6 Å². The molecule has 4 aliphatic heterocycles. The second kappa shape index (κ2) is 10.5. The second-order valence-corrected chi connectivity index (χ2v) is 10.9. The highest BCUT2D eigenvalue weighted by Crippen LogP contribution is 2.56. The van der Waals surface area contributed by atoms with Gasteiger partial charge in [-0.15, -0.1) is 0 Å². The lowest BCUT2D eigenvalue weighted by Crippen LogP contribution is -2.36. The van der Waals surface area contributed by atoms with E-state index in [4.69, 9.17) is 14.9 Å². The molecule has 0 amide bonds. The molecule has 0 saturated carbocycles. The van der Waals surface area contributed by atoms with Crippen LogP contribution in [-0.4, -0.2) is 89.4 Å². The highest BCUT2D eigenvalue weighted by Gasteiger charge is 2.47. The van der Waals surface area contributed by atoms with Crippen LogP contribution in [0.4, 0.5) is 0 Å². The van der Waals surface area contributed by atoms with Crippen molar-refractivity contribution in [1.29, 1.82) is 5.41 Å². The van der Waals surface area contributed by atoms with Crippen LogP contribution in [0.25, 0.3) is 11.2 Å². The lowest BCUT2D eigenvalue weighted by Gasteiger charge is -2.32. The lowest BCUT2D eigenvalue weighted by molar-refractivity contribution is -0.246. The largest absolute Gasteiger partial charge is 0.756 e. The number of fused-ring (bicyclic) bond motifs is 7. The number of rotatable bonds is 0. The molecule has 4 aliphatic rings. The van der Waals surface area contributed by atoms with Crippen LogP contribution in [0.3, 0.4) is 0 Å². The normalized spacial score (nSPS) is 42.2. The van der Waals surface area contributed by atoms with Gasteiger partial charge in [0.2, 0.25) is 0 Å². The fourth-order valence-corrected chi connectivity index (χ4v) is 6.03. The average Bonchev–Trinajstić information content (AvgIpc) is 3.41. The third kappa shape index (κ3) is 5.28. The Morgan fingerprint density at radius 1 is 0.838 bits per heavy atom. The molecule has 22 heteroatoms. The zero-order chi connectivity index (χ0) is 25.3. The van der Waals surface area contributed by atoms with Crippen molar-refractivity contribution in [2.45, 2.75) is 49.1 Å². The van der Waals surface area contributed by atoms with Gasteiger partial charge in [0.1, 0.15) is 43.0 Å². The first-order valence-electron chi connectivity index (χ1n) is 10.0. The van der Waals surface area contributed by atoms with Gasteiger partial charge in [0.05, 0.1) is 19.5 Å². The van der Waals surface area contributed by atoms with E-state index in [-0.39, 0.29) is 29.0 Å². The minimum Gasteiger partial charge on any atom is -0.756 e. The number of ether oxygens (including phenoxy) is 2. The number of hydrogen-bond donors (Lipinski definition) is 7. The third-order valence-corrected chi connectivity index (χ3v) is 8.30. The monoisotopic (exact) mass is 575 g/mol. The molecule has 0 aromatic carbocycles. The number of phosphoric acid groups is 2. The zero-order valence-electron chi connectivity index (χ0n) is 19.3. The van der Waals surface area contributed by atoms with E-state index in [0.29, 0.717) is 0 Å². The molecule has 10 atom stereocenters. The summed E-state index contributed by atoms with van der Waals surface area (Å²) in [6, 6.07) is 0. The molecule has 2 saturated heterocycles. The fraction of sp³-hybridized carbons (Fsp3) is 0.667. The molecule has 37 heavy (non-hydrogen) atoms. The first-order chi connectivity index (χ1) is 16.4. The van der Waals surface area contributed by atoms with Crippen molar-refractivity contribution in [3.8, 4) is 0 Å². The highest BCUT2D eigenvalue weighted by atomic mass is 31.3. The zero-order valence-corrected chi connectivity index (χ0v) is 21.1. The van der Waals surface area contributed by atoms with Crippen molar-refractivity contribution in [2.24, 2.45) is 0 Å². The van der Waals surface area contributed by atoms with E-state index in [1.165, 1.54) is 4.57 Å². The van der Waals surface area contributed by atoms with Gasteiger partial charge in [-0.25, -0.2) is 14.3 Å². The first-order valence-corrected chi connectivity index (χ1v) is 12.9. The topological polar surface area (TPSA) is 340 Å². The van der Waals surface area contributed by atoms with Gasteiger partial charge in [-0.05, 0) is 0 Å². The minimum atomic E-state index is -5.57. The summed E-state index contributed by atoms with van der Waals surface area (Å²) in [6.45, 7) is -1.89. The maximum Gasteiger partial charge on any atom is 0.274 e. The Morgan fingerprint density at radius 3 is 1.81 bits per heavy atom. The van der Waals surface area contributed by atoms with Crippen LogP contribution in [-0.2, 0) is 32.0 Å². The summed E-state index contributed by atoms with van der Waals surface area (Å²) in [5, 5.41) is 49.9. The fourth-order valence-electron chi connectivity index (χ4n) is 4.02. The van der Waals surface area contributed by atoms with Crippen LogP contribution in [0.1, 0.15) is 12.5 Å². The van der Waals surface area contributed by atoms with E-state index in [0.717, 1.165) is 17.2 Å². The first kappa shape index (κ1) is 29.8. The Kier molecular flexibility index (Phi) is 8.43. The molecule has 0 aliphatic carbocycles. The van der Waals surface area contributed by atoms with E-state index in [2.05, 4.69) is 23.3 Å². The van der Waals surface area contributed by atoms with E-state index >= 15 is 0 Å². The van der Waals surface area contributed by atoms with Gasteiger partial charge in [0.15, 0.2) is 29.1 Å². The van der Waals surface area contributed by atoms with E-state index < -0.39 is 77.9 Å². The van der Waals surface area contributed by atoms with Crippen molar-refractivity contribution in [3.63, 3.8) is 0 Å². The smallest absolute Gasteiger partial charge is 0.274 e. The molecule has 13 N–H and O–H groups in total. The molecule has 6 heterocycles. The quantitative estimate of drug-likeness (QED) is 0.151. The summed E-state index contributed by atoms with van der Waals surface area (Å²) >= 11 is 0. The summed E-state index contributed by atoms with van der Waals surface area (Å²) < 4.78 is 50.1. The Bertz CT molecular complexity index is 1290. The van der Waals surface area contributed by atoms with Crippen molar-refractivity contribution in [1.82, 2.24) is 31.4 Å². The highest BCUT2D eigenvalue weighted by molar-refractivity contribution is 7.59. The van der Waals surface area contributed by atoms with Crippen LogP contribution < -0.4 is 27.6 Å². The Balaban J connectivity index is 0.00000190. The standard InChI is InChI=1S/C15H21N5O13P2.2H3N/c16-12-7-13-18-4-19(12)14-10(23)8(21)5(31-14)1-29-34(25,26)33-35(27,28)30-2-6-9(22)11(24)15(32-6)20(13)3-17-7;;/h3-6,8-11,14-16,21-24H,1-2H2,(H,25,26)(H,27,28);2*1H3/t5-,6-,8-,9-,10-,11-,14-,15-;;/m1../s1. The molecule has 8 bridgehead atoms. The van der Waals surface area contributed by atoms with E-state index in [1.807, 2.05) is 0 Å². The van der Waals surface area contributed by atoms with Crippen molar-refractivity contribution in [3.05, 3.63) is 18.1 Å². The molecule has 2 aromatic rings. The Hall–Kier alpha value is -1.71. The maximum absolute atomic E-state index is 12.0. The van der Waals surface area contributed by atoms with Gasteiger partial charge in [-0.2, -0.15) is 0 Å². The number of hydrogen-bond acceptors (Lipinski definition) is 16. The number of nitrogens with one attached hydrogen (secondary N) is 1. The molecular weight excluding hydrogens is 548 g/mol. The number of phosphoric ester groups is 2. The SMILES string of the molecule is N=c1c2ncn3c2ncn1[C@@H]1O[C@H](COP(=O)([O-])OP(=O)([O-])OC[C@H]2O[C@@H]3[C@H](O)[C@@H]2O)[C@@H](O)[C@H]1O.[NH4+].[NH4+]. The van der Waals surface area contributed by atoms with Crippen LogP contribution in [0.5, 0.6) is 0 Å². The van der Waals surface area contributed by atoms with Gasteiger partial charge in [-0.1, -0.05) is 0 Å². The molecule has 0 spiro atoms. The van der Waals surface area contributed by atoms with Gasteiger partial charge in [0.25, 0.3) is 15.6 Å². The van der Waals surface area contributed by atoms with Gasteiger partial charge in [-0.3, -0.25) is 23.7 Å². The minimum absolute atomic E-state index is 0. The predicted octanol–water partition coefficient (Wildman–Crippen LogP) is -3.30. The van der Waals surface area contributed by atoms with Crippen molar-refractivity contribution in [2.75, 3.05) is 13.2 Å².